The molecule has 2 heterocycles. The maximum Gasteiger partial charge on any atom is 0.340 e. The Morgan fingerprint density at radius 3 is 2.70 bits per heavy atom. The molecule has 0 aromatic heterocycles. The Morgan fingerprint density at radius 2 is 2.00 bits per heavy atom. The SMILES string of the molecule is CSc1ccc(NC(=O)COC(=O)C2=CN3CCS(=O)(=O)N=C3C=C2)cc1. The monoisotopic (exact) mass is 407 g/mol. The molecule has 8 nitrogen and oxygen atoms in total. The molecule has 1 aromatic carbocycles. The van der Waals surface area contributed by atoms with E-state index < -0.39 is 28.5 Å². The summed E-state index contributed by atoms with van der Waals surface area (Å²) in [5, 5.41) is 2.65. The molecule has 1 N–H and O–H groups in total. The van der Waals surface area contributed by atoms with Crippen molar-refractivity contribution in [2.24, 2.45) is 4.40 Å². The molecular formula is C17H17N3O5S2. The number of amides is 1. The van der Waals surface area contributed by atoms with E-state index in [4.69, 9.17) is 4.74 Å². The van der Waals surface area contributed by atoms with Gasteiger partial charge in [-0.2, -0.15) is 0 Å². The predicted molar refractivity (Wildman–Crippen MR) is 103 cm³/mol. The lowest BCUT2D eigenvalue weighted by Gasteiger charge is -2.26. The van der Waals surface area contributed by atoms with Crippen LogP contribution in [0.2, 0.25) is 0 Å². The molecule has 3 rings (SSSR count). The predicted octanol–water partition coefficient (Wildman–Crippen LogP) is 1.39. The third-order valence-electron chi connectivity index (χ3n) is 3.77. The number of thioether (sulfide) groups is 1. The molecule has 0 saturated heterocycles. The second-order valence-corrected chi connectivity index (χ2v) is 8.33. The molecular weight excluding hydrogens is 390 g/mol. The zero-order valence-corrected chi connectivity index (χ0v) is 16.0. The largest absolute Gasteiger partial charge is 0.452 e. The first-order valence-corrected chi connectivity index (χ1v) is 10.8. The number of hydrogen-bond acceptors (Lipinski definition) is 7. The molecule has 0 aliphatic carbocycles. The van der Waals surface area contributed by atoms with Gasteiger partial charge in [0.05, 0.1) is 11.3 Å². The molecule has 0 bridgehead atoms. The Labute approximate surface area is 161 Å². The zero-order chi connectivity index (χ0) is 19.4. The second kappa shape index (κ2) is 7.97. The molecule has 142 valence electrons. The summed E-state index contributed by atoms with van der Waals surface area (Å²) in [4.78, 5) is 26.7. The highest BCUT2D eigenvalue weighted by molar-refractivity contribution is 7.98. The maximum absolute atomic E-state index is 12.1. The topological polar surface area (TPSA) is 105 Å². The van der Waals surface area contributed by atoms with Crippen molar-refractivity contribution in [1.82, 2.24) is 4.90 Å². The van der Waals surface area contributed by atoms with Gasteiger partial charge in [-0.05, 0) is 42.7 Å². The van der Waals surface area contributed by atoms with E-state index in [-0.39, 0.29) is 23.7 Å². The number of ether oxygens (including phenoxy) is 1. The molecule has 0 saturated carbocycles. The van der Waals surface area contributed by atoms with Crippen LogP contribution in [0.25, 0.3) is 0 Å². The third kappa shape index (κ3) is 4.98. The van der Waals surface area contributed by atoms with E-state index in [1.807, 2.05) is 18.4 Å². The van der Waals surface area contributed by atoms with Gasteiger partial charge < -0.3 is 15.0 Å². The summed E-state index contributed by atoms with van der Waals surface area (Å²) in [6.45, 7) is -0.224. The fourth-order valence-corrected chi connectivity index (χ4v) is 3.79. The lowest BCUT2D eigenvalue weighted by atomic mass is 10.2. The van der Waals surface area contributed by atoms with Crippen LogP contribution in [0.3, 0.4) is 0 Å². The van der Waals surface area contributed by atoms with Gasteiger partial charge in [-0.15, -0.1) is 16.2 Å². The van der Waals surface area contributed by atoms with Crippen molar-refractivity contribution >= 4 is 45.2 Å². The van der Waals surface area contributed by atoms with E-state index in [2.05, 4.69) is 9.71 Å². The van der Waals surface area contributed by atoms with Gasteiger partial charge in [-0.1, -0.05) is 0 Å². The first kappa shape index (κ1) is 19.2. The van der Waals surface area contributed by atoms with Crippen molar-refractivity contribution in [3.63, 3.8) is 0 Å². The van der Waals surface area contributed by atoms with Gasteiger partial charge in [-0.25, -0.2) is 13.2 Å². The van der Waals surface area contributed by atoms with Crippen molar-refractivity contribution in [3.8, 4) is 0 Å². The summed E-state index contributed by atoms with van der Waals surface area (Å²) >= 11 is 1.59. The van der Waals surface area contributed by atoms with Crippen LogP contribution in [-0.4, -0.2) is 56.2 Å². The summed E-state index contributed by atoms with van der Waals surface area (Å²) in [6, 6.07) is 7.29. The second-order valence-electron chi connectivity index (χ2n) is 5.70. The number of benzene rings is 1. The molecule has 2 aliphatic rings. The van der Waals surface area contributed by atoms with E-state index in [1.165, 1.54) is 18.4 Å². The van der Waals surface area contributed by atoms with Crippen LogP contribution < -0.4 is 5.32 Å². The van der Waals surface area contributed by atoms with Gasteiger partial charge in [0.15, 0.2) is 6.61 Å². The van der Waals surface area contributed by atoms with E-state index in [1.54, 1.807) is 28.8 Å². The van der Waals surface area contributed by atoms with E-state index in [0.29, 0.717) is 5.69 Å². The Balaban J connectivity index is 1.54. The number of esters is 1. The van der Waals surface area contributed by atoms with Crippen molar-refractivity contribution in [2.75, 3.05) is 30.5 Å². The molecule has 0 fully saturated rings. The number of carbonyl (C=O) groups excluding carboxylic acids is 2. The first-order chi connectivity index (χ1) is 12.9. The summed E-state index contributed by atoms with van der Waals surface area (Å²) in [7, 11) is -3.45. The molecule has 2 aliphatic heterocycles. The lowest BCUT2D eigenvalue weighted by Crippen LogP contribution is -2.37. The Kier molecular flexibility index (Phi) is 5.66. The highest BCUT2D eigenvalue weighted by Crippen LogP contribution is 2.18. The molecule has 0 spiro atoms. The Morgan fingerprint density at radius 1 is 1.26 bits per heavy atom. The molecule has 0 unspecified atom stereocenters. The summed E-state index contributed by atoms with van der Waals surface area (Å²) in [5.41, 5.74) is 0.825. The van der Waals surface area contributed by atoms with Gasteiger partial charge in [0, 0.05) is 23.3 Å². The lowest BCUT2D eigenvalue weighted by molar-refractivity contribution is -0.143. The summed E-state index contributed by atoms with van der Waals surface area (Å²) < 4.78 is 31.6. The van der Waals surface area contributed by atoms with Crippen LogP contribution >= 0.6 is 11.8 Å². The molecule has 0 atom stereocenters. The molecule has 10 heteroatoms. The number of carbonyl (C=O) groups is 2. The number of rotatable bonds is 5. The normalized spacial score (nSPS) is 17.4. The standard InChI is InChI=1S/C17H17N3O5S2/c1-26-14-5-3-13(4-6-14)18-16(21)11-25-17(22)12-2-7-15-19-27(23,24)9-8-20(15)10-12/h2-7,10H,8-9,11H2,1H3,(H,18,21). The number of amidine groups is 1. The van der Waals surface area contributed by atoms with E-state index >= 15 is 0 Å². The van der Waals surface area contributed by atoms with Gasteiger partial charge in [0.2, 0.25) is 0 Å². The minimum Gasteiger partial charge on any atom is -0.452 e. The third-order valence-corrected chi connectivity index (χ3v) is 5.68. The molecule has 27 heavy (non-hydrogen) atoms. The van der Waals surface area contributed by atoms with Crippen molar-refractivity contribution in [1.29, 1.82) is 0 Å². The highest BCUT2D eigenvalue weighted by Gasteiger charge is 2.25. The zero-order valence-electron chi connectivity index (χ0n) is 14.4. The van der Waals surface area contributed by atoms with E-state index in [9.17, 15) is 18.0 Å². The van der Waals surface area contributed by atoms with Gasteiger partial charge in [0.1, 0.15) is 5.84 Å². The van der Waals surface area contributed by atoms with Crippen LogP contribution in [0.15, 0.2) is 57.5 Å². The van der Waals surface area contributed by atoms with Crippen molar-refractivity contribution < 1.29 is 22.7 Å². The minimum atomic E-state index is -3.45. The van der Waals surface area contributed by atoms with Gasteiger partial charge >= 0.3 is 5.97 Å². The quantitative estimate of drug-likeness (QED) is 0.581. The first-order valence-electron chi connectivity index (χ1n) is 7.96. The number of nitrogens with zero attached hydrogens (tertiary/aromatic N) is 2. The fourth-order valence-electron chi connectivity index (χ4n) is 2.41. The summed E-state index contributed by atoms with van der Waals surface area (Å²) in [5.74, 6) is -0.997. The number of fused-ring (bicyclic) bond motifs is 1. The van der Waals surface area contributed by atoms with Crippen molar-refractivity contribution in [3.05, 3.63) is 48.2 Å². The van der Waals surface area contributed by atoms with Crippen LogP contribution in [0.4, 0.5) is 5.69 Å². The number of anilines is 1. The summed E-state index contributed by atoms with van der Waals surface area (Å²) in [6.07, 6.45) is 6.27. The van der Waals surface area contributed by atoms with Crippen molar-refractivity contribution in [2.45, 2.75) is 4.90 Å². The van der Waals surface area contributed by atoms with Crippen LogP contribution in [-0.2, 0) is 24.3 Å². The average molecular weight is 407 g/mol. The van der Waals surface area contributed by atoms with Crippen LogP contribution in [0, 0.1) is 0 Å². The highest BCUT2D eigenvalue weighted by atomic mass is 32.2. The average Bonchev–Trinajstić information content (AvgIpc) is 2.65. The Hall–Kier alpha value is -2.59. The van der Waals surface area contributed by atoms with Crippen LogP contribution in [0.5, 0.6) is 0 Å². The molecule has 0 radical (unpaired) electrons. The fraction of sp³-hybridized carbons (Fsp3) is 0.235. The number of sulfonamides is 1. The number of hydrogen-bond donors (Lipinski definition) is 1. The Bertz CT molecular complexity index is 949. The van der Waals surface area contributed by atoms with E-state index in [0.717, 1.165) is 4.90 Å². The smallest absolute Gasteiger partial charge is 0.340 e. The molecule has 1 amide bonds. The minimum absolute atomic E-state index is 0.124. The van der Waals surface area contributed by atoms with Gasteiger partial charge in [-0.3, -0.25) is 4.79 Å². The maximum atomic E-state index is 12.1. The van der Waals surface area contributed by atoms with Gasteiger partial charge in [0.25, 0.3) is 15.9 Å². The van der Waals surface area contributed by atoms with Crippen LogP contribution in [0.1, 0.15) is 0 Å². The molecule has 1 aromatic rings. The number of nitrogens with one attached hydrogen (secondary N) is 1.